The van der Waals surface area contributed by atoms with E-state index in [1.807, 2.05) is 25.7 Å². The van der Waals surface area contributed by atoms with Gasteiger partial charge in [0.2, 0.25) is 0 Å². The van der Waals surface area contributed by atoms with Crippen molar-refractivity contribution in [2.24, 2.45) is 0 Å². The Morgan fingerprint density at radius 3 is 2.68 bits per heavy atom. The molecule has 0 aromatic carbocycles. The van der Waals surface area contributed by atoms with E-state index in [-0.39, 0.29) is 6.09 Å². The number of carbonyl (C=O) groups excluding carboxylic acids is 1. The summed E-state index contributed by atoms with van der Waals surface area (Å²) in [6.07, 6.45) is 6.93. The molecule has 0 aromatic heterocycles. The van der Waals surface area contributed by atoms with Gasteiger partial charge in [0.25, 0.3) is 0 Å². The van der Waals surface area contributed by atoms with Gasteiger partial charge >= 0.3 is 6.09 Å². The topological polar surface area (TPSA) is 41.6 Å². The summed E-state index contributed by atoms with van der Waals surface area (Å²) in [6, 6.07) is 0.951. The highest BCUT2D eigenvalue weighted by Crippen LogP contribution is 2.25. The number of hydrogen-bond acceptors (Lipinski definition) is 3. The first-order valence-electron chi connectivity index (χ1n) is 7.69. The Balaban J connectivity index is 1.92. The molecule has 0 spiro atoms. The smallest absolute Gasteiger partial charge is 0.410 e. The predicted molar refractivity (Wildman–Crippen MR) is 76.2 cm³/mol. The van der Waals surface area contributed by atoms with Gasteiger partial charge in [0, 0.05) is 18.6 Å². The molecule has 4 heteroatoms. The molecule has 2 heterocycles. The number of likely N-dealkylation sites (tertiary alicyclic amines) is 1. The van der Waals surface area contributed by atoms with E-state index in [0.717, 1.165) is 32.4 Å². The number of ether oxygens (including phenoxy) is 1. The monoisotopic (exact) mass is 268 g/mol. The third kappa shape index (κ3) is 4.37. The van der Waals surface area contributed by atoms with Crippen molar-refractivity contribution in [3.63, 3.8) is 0 Å². The van der Waals surface area contributed by atoms with Crippen molar-refractivity contribution in [1.82, 2.24) is 10.2 Å². The van der Waals surface area contributed by atoms with E-state index in [1.165, 1.54) is 19.3 Å². The first-order chi connectivity index (χ1) is 8.96. The third-order valence-electron chi connectivity index (χ3n) is 3.97. The van der Waals surface area contributed by atoms with Gasteiger partial charge in [-0.25, -0.2) is 4.79 Å². The van der Waals surface area contributed by atoms with Crippen LogP contribution in [0.2, 0.25) is 0 Å². The van der Waals surface area contributed by atoms with E-state index in [4.69, 9.17) is 4.74 Å². The molecule has 2 unspecified atom stereocenters. The highest BCUT2D eigenvalue weighted by atomic mass is 16.6. The van der Waals surface area contributed by atoms with Gasteiger partial charge in [-0.1, -0.05) is 0 Å². The summed E-state index contributed by atoms with van der Waals surface area (Å²) in [5.74, 6) is 0. The summed E-state index contributed by atoms with van der Waals surface area (Å²) in [5, 5.41) is 3.53. The Morgan fingerprint density at radius 2 is 2.05 bits per heavy atom. The lowest BCUT2D eigenvalue weighted by atomic mass is 9.95. The number of piperidine rings is 1. The van der Waals surface area contributed by atoms with Gasteiger partial charge in [-0.05, 0) is 65.8 Å². The van der Waals surface area contributed by atoms with Crippen LogP contribution in [0.25, 0.3) is 0 Å². The number of rotatable bonds is 2. The fourth-order valence-electron chi connectivity index (χ4n) is 3.09. The average molecular weight is 268 g/mol. The predicted octanol–water partition coefficient (Wildman–Crippen LogP) is 2.92. The first-order valence-corrected chi connectivity index (χ1v) is 7.69. The molecule has 4 nitrogen and oxygen atoms in total. The van der Waals surface area contributed by atoms with Gasteiger partial charge in [-0.3, -0.25) is 0 Å². The molecule has 19 heavy (non-hydrogen) atoms. The summed E-state index contributed by atoms with van der Waals surface area (Å²) >= 11 is 0. The lowest BCUT2D eigenvalue weighted by molar-refractivity contribution is 0.00791. The van der Waals surface area contributed by atoms with Gasteiger partial charge in [0.15, 0.2) is 0 Å². The maximum absolute atomic E-state index is 12.3. The van der Waals surface area contributed by atoms with Crippen LogP contribution in [-0.4, -0.2) is 41.8 Å². The zero-order valence-corrected chi connectivity index (χ0v) is 12.6. The Morgan fingerprint density at radius 1 is 1.26 bits per heavy atom. The van der Waals surface area contributed by atoms with Crippen molar-refractivity contribution >= 4 is 6.09 Å². The Bertz CT molecular complexity index is 306. The third-order valence-corrected chi connectivity index (χ3v) is 3.97. The van der Waals surface area contributed by atoms with Crippen LogP contribution in [0, 0.1) is 0 Å². The number of nitrogens with one attached hydrogen (secondary N) is 1. The van der Waals surface area contributed by atoms with Crippen molar-refractivity contribution in [2.75, 3.05) is 13.1 Å². The Kier molecular flexibility index (Phi) is 4.71. The SMILES string of the molecule is CC(C)(C)OC(=O)N1CCCCC1CC1CCCN1. The molecular weight excluding hydrogens is 240 g/mol. The van der Waals surface area contributed by atoms with Gasteiger partial charge in [0.05, 0.1) is 0 Å². The summed E-state index contributed by atoms with van der Waals surface area (Å²) < 4.78 is 5.54. The van der Waals surface area contributed by atoms with Crippen LogP contribution in [0.3, 0.4) is 0 Å². The molecule has 2 aliphatic rings. The van der Waals surface area contributed by atoms with Crippen LogP contribution in [-0.2, 0) is 4.74 Å². The number of nitrogens with zero attached hydrogens (tertiary/aromatic N) is 1. The zero-order chi connectivity index (χ0) is 13.9. The molecular formula is C15H28N2O2. The van der Waals surface area contributed by atoms with Gasteiger partial charge in [-0.2, -0.15) is 0 Å². The largest absolute Gasteiger partial charge is 0.444 e. The second-order valence-corrected chi connectivity index (χ2v) is 6.85. The molecule has 0 aromatic rings. The van der Waals surface area contributed by atoms with E-state index in [9.17, 15) is 4.79 Å². The van der Waals surface area contributed by atoms with Crippen LogP contribution >= 0.6 is 0 Å². The molecule has 0 bridgehead atoms. The van der Waals surface area contributed by atoms with Crippen LogP contribution < -0.4 is 5.32 Å². The summed E-state index contributed by atoms with van der Waals surface area (Å²) in [6.45, 7) is 7.78. The highest BCUT2D eigenvalue weighted by molar-refractivity contribution is 5.68. The second-order valence-electron chi connectivity index (χ2n) is 6.85. The fraction of sp³-hybridized carbons (Fsp3) is 0.933. The zero-order valence-electron chi connectivity index (χ0n) is 12.6. The number of hydrogen-bond donors (Lipinski definition) is 1. The van der Waals surface area contributed by atoms with Crippen LogP contribution in [0.1, 0.15) is 59.3 Å². The molecule has 110 valence electrons. The number of carbonyl (C=O) groups is 1. The maximum Gasteiger partial charge on any atom is 0.410 e. The standard InChI is InChI=1S/C15H28N2O2/c1-15(2,3)19-14(18)17-10-5-4-8-13(17)11-12-7-6-9-16-12/h12-13,16H,4-11H2,1-3H3. The lowest BCUT2D eigenvalue weighted by Crippen LogP contribution is -2.48. The quantitative estimate of drug-likeness (QED) is 0.837. The first kappa shape index (κ1) is 14.6. The maximum atomic E-state index is 12.3. The van der Waals surface area contributed by atoms with E-state index < -0.39 is 5.60 Å². The van der Waals surface area contributed by atoms with Crippen molar-refractivity contribution in [3.8, 4) is 0 Å². The normalized spacial score (nSPS) is 28.5. The van der Waals surface area contributed by atoms with E-state index in [2.05, 4.69) is 5.32 Å². The molecule has 0 saturated carbocycles. The summed E-state index contributed by atoms with van der Waals surface area (Å²) in [5.41, 5.74) is -0.398. The molecule has 0 radical (unpaired) electrons. The molecule has 2 rings (SSSR count). The van der Waals surface area contributed by atoms with Crippen LogP contribution in [0.4, 0.5) is 4.79 Å². The highest BCUT2D eigenvalue weighted by Gasteiger charge is 2.32. The van der Waals surface area contributed by atoms with E-state index >= 15 is 0 Å². The van der Waals surface area contributed by atoms with Crippen molar-refractivity contribution in [3.05, 3.63) is 0 Å². The minimum atomic E-state index is -0.398. The second kappa shape index (κ2) is 6.12. The van der Waals surface area contributed by atoms with Crippen molar-refractivity contribution in [1.29, 1.82) is 0 Å². The van der Waals surface area contributed by atoms with Gasteiger partial charge in [-0.15, -0.1) is 0 Å². The molecule has 2 saturated heterocycles. The average Bonchev–Trinajstić information content (AvgIpc) is 2.80. The molecule has 2 atom stereocenters. The molecule has 2 fully saturated rings. The van der Waals surface area contributed by atoms with Crippen molar-refractivity contribution < 1.29 is 9.53 Å². The van der Waals surface area contributed by atoms with Crippen LogP contribution in [0.15, 0.2) is 0 Å². The van der Waals surface area contributed by atoms with Crippen molar-refractivity contribution in [2.45, 2.75) is 77.0 Å². The minimum absolute atomic E-state index is 0.129. The van der Waals surface area contributed by atoms with Crippen LogP contribution in [0.5, 0.6) is 0 Å². The number of amides is 1. The minimum Gasteiger partial charge on any atom is -0.444 e. The molecule has 2 aliphatic heterocycles. The fourth-order valence-corrected chi connectivity index (χ4v) is 3.09. The molecule has 1 amide bonds. The van der Waals surface area contributed by atoms with Gasteiger partial charge < -0.3 is 15.0 Å². The summed E-state index contributed by atoms with van der Waals surface area (Å²) in [7, 11) is 0. The molecule has 1 N–H and O–H groups in total. The van der Waals surface area contributed by atoms with Gasteiger partial charge in [0.1, 0.15) is 5.60 Å². The molecule has 0 aliphatic carbocycles. The Labute approximate surface area is 116 Å². The van der Waals surface area contributed by atoms with E-state index in [0.29, 0.717) is 12.1 Å². The Hall–Kier alpha value is -0.770. The summed E-state index contributed by atoms with van der Waals surface area (Å²) in [4.78, 5) is 14.2. The van der Waals surface area contributed by atoms with E-state index in [1.54, 1.807) is 0 Å². The lowest BCUT2D eigenvalue weighted by Gasteiger charge is -2.37.